The molecule has 0 radical (unpaired) electrons. The number of fused-ring (bicyclic) bond motifs is 5. The van der Waals surface area contributed by atoms with Crippen LogP contribution < -0.4 is 20.7 Å². The van der Waals surface area contributed by atoms with Gasteiger partial charge in [-0.2, -0.15) is 0 Å². The number of hydrogen-bond acceptors (Lipinski definition) is 5. The Morgan fingerprint density at radius 2 is 1.75 bits per heavy atom. The van der Waals surface area contributed by atoms with Gasteiger partial charge in [0.15, 0.2) is 11.5 Å². The summed E-state index contributed by atoms with van der Waals surface area (Å²) in [4.78, 5) is 30.6. The van der Waals surface area contributed by atoms with E-state index in [1.165, 1.54) is 0 Å². The van der Waals surface area contributed by atoms with E-state index in [-0.39, 0.29) is 11.2 Å². The van der Waals surface area contributed by atoms with Crippen molar-refractivity contribution in [3.8, 4) is 22.8 Å². The Morgan fingerprint density at radius 1 is 1.00 bits per heavy atom. The number of ether oxygens (including phenoxy) is 2. The van der Waals surface area contributed by atoms with Crippen LogP contribution in [0.3, 0.4) is 0 Å². The van der Waals surface area contributed by atoms with Crippen LogP contribution in [0, 0.1) is 0 Å². The number of benzene rings is 2. The first-order chi connectivity index (χ1) is 13.6. The molecule has 3 heterocycles. The third-order valence-electron chi connectivity index (χ3n) is 5.27. The molecule has 0 unspecified atom stereocenters. The molecule has 4 aromatic rings. The van der Waals surface area contributed by atoms with Gasteiger partial charge in [-0.15, -0.1) is 0 Å². The summed E-state index contributed by atoms with van der Waals surface area (Å²) in [6.45, 7) is 0.478. The molecule has 0 saturated carbocycles. The van der Waals surface area contributed by atoms with Crippen LogP contribution in [0.4, 0.5) is 0 Å². The maximum Gasteiger partial charge on any atom is 0.337 e. The van der Waals surface area contributed by atoms with Crippen molar-refractivity contribution in [2.45, 2.75) is 13.0 Å². The van der Waals surface area contributed by atoms with Gasteiger partial charge in [-0.1, -0.05) is 12.1 Å². The summed E-state index contributed by atoms with van der Waals surface area (Å²) in [6, 6.07) is 12.6. The highest BCUT2D eigenvalue weighted by Gasteiger charge is 2.23. The predicted molar refractivity (Wildman–Crippen MR) is 105 cm³/mol. The van der Waals surface area contributed by atoms with Gasteiger partial charge >= 0.3 is 5.69 Å². The van der Waals surface area contributed by atoms with Crippen LogP contribution in [0.1, 0.15) is 5.56 Å². The highest BCUT2D eigenvalue weighted by molar-refractivity contribution is 5.80. The number of hydrogen-bond donors (Lipinski definition) is 0. The second-order valence-electron chi connectivity index (χ2n) is 6.71. The van der Waals surface area contributed by atoms with Crippen LogP contribution in [-0.4, -0.2) is 28.2 Å². The SMILES string of the molecule is COc1cc2c(cc1OC)-c1cc3nc4ccccc4c(=O)n3c(=O)n1CC2. The molecule has 28 heavy (non-hydrogen) atoms. The molecule has 2 aromatic carbocycles. The van der Waals surface area contributed by atoms with Crippen molar-refractivity contribution >= 4 is 16.6 Å². The Labute approximate surface area is 159 Å². The summed E-state index contributed by atoms with van der Waals surface area (Å²) in [6.07, 6.45) is 0.657. The number of methoxy groups -OCH3 is 2. The Bertz CT molecular complexity index is 1380. The fraction of sp³-hybridized carbons (Fsp3) is 0.190. The van der Waals surface area contributed by atoms with Crippen LogP contribution in [0.15, 0.2) is 52.1 Å². The summed E-state index contributed by atoms with van der Waals surface area (Å²) in [5.41, 5.74) is 2.84. The second kappa shape index (κ2) is 5.95. The summed E-state index contributed by atoms with van der Waals surface area (Å²) < 4.78 is 13.6. The molecule has 140 valence electrons. The fourth-order valence-electron chi connectivity index (χ4n) is 3.89. The average Bonchev–Trinajstić information content (AvgIpc) is 2.72. The molecular weight excluding hydrogens is 358 g/mol. The highest BCUT2D eigenvalue weighted by Crippen LogP contribution is 2.38. The van der Waals surface area contributed by atoms with Crippen molar-refractivity contribution < 1.29 is 9.47 Å². The van der Waals surface area contributed by atoms with Crippen molar-refractivity contribution in [2.24, 2.45) is 0 Å². The molecule has 1 aliphatic rings. The molecule has 2 aromatic heterocycles. The van der Waals surface area contributed by atoms with Crippen molar-refractivity contribution in [1.29, 1.82) is 0 Å². The third-order valence-corrected chi connectivity index (χ3v) is 5.27. The topological polar surface area (TPSA) is 74.8 Å². The van der Waals surface area contributed by atoms with E-state index in [0.29, 0.717) is 41.0 Å². The van der Waals surface area contributed by atoms with Crippen LogP contribution >= 0.6 is 0 Å². The maximum absolute atomic E-state index is 13.2. The number of rotatable bonds is 2. The lowest BCUT2D eigenvalue weighted by Crippen LogP contribution is -2.37. The highest BCUT2D eigenvalue weighted by atomic mass is 16.5. The molecule has 0 spiro atoms. The second-order valence-corrected chi connectivity index (χ2v) is 6.71. The quantitative estimate of drug-likeness (QED) is 0.503. The van der Waals surface area contributed by atoms with E-state index in [1.807, 2.05) is 18.2 Å². The molecule has 5 rings (SSSR count). The molecule has 7 nitrogen and oxygen atoms in total. The van der Waals surface area contributed by atoms with E-state index in [0.717, 1.165) is 21.2 Å². The Hall–Kier alpha value is -3.61. The minimum absolute atomic E-state index is 0.336. The lowest BCUT2D eigenvalue weighted by molar-refractivity contribution is 0.354. The summed E-state index contributed by atoms with van der Waals surface area (Å²) in [5, 5.41) is 0.431. The molecule has 7 heteroatoms. The molecule has 0 N–H and O–H groups in total. The Kier molecular flexibility index (Phi) is 3.52. The molecule has 1 aliphatic heterocycles. The van der Waals surface area contributed by atoms with Crippen LogP contribution in [0.2, 0.25) is 0 Å². The molecule has 0 amide bonds. The largest absolute Gasteiger partial charge is 0.493 e. The van der Waals surface area contributed by atoms with Gasteiger partial charge in [0.05, 0.1) is 30.8 Å². The van der Waals surface area contributed by atoms with Crippen molar-refractivity contribution in [3.63, 3.8) is 0 Å². The first-order valence-corrected chi connectivity index (χ1v) is 8.93. The zero-order valence-corrected chi connectivity index (χ0v) is 15.4. The third kappa shape index (κ3) is 2.19. The first kappa shape index (κ1) is 16.6. The number of nitrogens with zero attached hydrogens (tertiary/aromatic N) is 3. The van der Waals surface area contributed by atoms with Gasteiger partial charge in [-0.25, -0.2) is 14.2 Å². The lowest BCUT2D eigenvalue weighted by Gasteiger charge is -2.23. The van der Waals surface area contributed by atoms with Gasteiger partial charge in [0, 0.05) is 18.2 Å². The Balaban J connectivity index is 1.88. The minimum Gasteiger partial charge on any atom is -0.493 e. The Morgan fingerprint density at radius 3 is 2.54 bits per heavy atom. The van der Waals surface area contributed by atoms with Crippen LogP contribution in [0.25, 0.3) is 27.8 Å². The van der Waals surface area contributed by atoms with Gasteiger partial charge in [-0.05, 0) is 36.2 Å². The predicted octanol–water partition coefficient (Wildman–Crippen LogP) is 2.25. The summed E-state index contributed by atoms with van der Waals surface area (Å²) in [7, 11) is 3.17. The molecule has 0 fully saturated rings. The van der Waals surface area contributed by atoms with E-state index in [4.69, 9.17) is 9.47 Å². The summed E-state index contributed by atoms with van der Waals surface area (Å²) >= 11 is 0. The summed E-state index contributed by atoms with van der Waals surface area (Å²) in [5.74, 6) is 1.24. The molecule has 0 atom stereocenters. The maximum atomic E-state index is 13.2. The monoisotopic (exact) mass is 375 g/mol. The van der Waals surface area contributed by atoms with E-state index in [2.05, 4.69) is 4.98 Å². The van der Waals surface area contributed by atoms with Gasteiger partial charge in [0.1, 0.15) is 5.65 Å². The average molecular weight is 375 g/mol. The first-order valence-electron chi connectivity index (χ1n) is 8.93. The molecular formula is C21H17N3O4. The zero-order valence-electron chi connectivity index (χ0n) is 15.4. The van der Waals surface area contributed by atoms with Gasteiger partial charge < -0.3 is 9.47 Å². The fourth-order valence-corrected chi connectivity index (χ4v) is 3.89. The van der Waals surface area contributed by atoms with Gasteiger partial charge in [0.25, 0.3) is 5.56 Å². The lowest BCUT2D eigenvalue weighted by atomic mass is 9.97. The van der Waals surface area contributed by atoms with E-state index in [9.17, 15) is 9.59 Å². The van der Waals surface area contributed by atoms with Crippen LogP contribution in [0.5, 0.6) is 11.5 Å². The van der Waals surface area contributed by atoms with Gasteiger partial charge in [-0.3, -0.25) is 9.36 Å². The van der Waals surface area contributed by atoms with E-state index in [1.54, 1.807) is 43.1 Å². The van der Waals surface area contributed by atoms with Crippen molar-refractivity contribution in [1.82, 2.24) is 14.0 Å². The molecule has 0 saturated heterocycles. The van der Waals surface area contributed by atoms with Crippen LogP contribution in [-0.2, 0) is 13.0 Å². The number of para-hydroxylation sites is 1. The molecule has 0 aliphatic carbocycles. The minimum atomic E-state index is -0.379. The van der Waals surface area contributed by atoms with E-state index >= 15 is 0 Å². The zero-order chi connectivity index (χ0) is 19.4. The molecule has 0 bridgehead atoms. The van der Waals surface area contributed by atoms with E-state index < -0.39 is 0 Å². The van der Waals surface area contributed by atoms with Crippen molar-refractivity contribution in [3.05, 3.63) is 68.9 Å². The van der Waals surface area contributed by atoms with Crippen molar-refractivity contribution in [2.75, 3.05) is 14.2 Å². The standard InChI is InChI=1S/C21H17N3O4/c1-27-17-9-12-7-8-23-16(14(12)10-18(17)28-2)11-19-22-15-6-4-3-5-13(15)20(25)24(19)21(23)26/h3-6,9-11H,7-8H2,1-2H3. The number of aryl methyl sites for hydroxylation is 1. The number of aromatic nitrogens is 3. The normalized spacial score (nSPS) is 12.6. The smallest absolute Gasteiger partial charge is 0.337 e. The van der Waals surface area contributed by atoms with Gasteiger partial charge in [0.2, 0.25) is 0 Å².